The van der Waals surface area contributed by atoms with Gasteiger partial charge in [-0.05, 0) is 67.9 Å². The Bertz CT molecular complexity index is 934. The second-order valence-corrected chi connectivity index (χ2v) is 8.57. The molecule has 158 valence electrons. The molecular formula is C25H31N3O2. The van der Waals surface area contributed by atoms with Crippen LogP contribution in [-0.2, 0) is 16.0 Å². The molecule has 2 aromatic rings. The van der Waals surface area contributed by atoms with Gasteiger partial charge in [0, 0.05) is 25.3 Å². The molecule has 0 aliphatic carbocycles. The number of nitrogens with zero attached hydrogens (tertiary/aromatic N) is 2. The van der Waals surface area contributed by atoms with Gasteiger partial charge < -0.3 is 10.2 Å². The minimum atomic E-state index is -0.377. The number of aryl methyl sites for hydroxylation is 2. The van der Waals surface area contributed by atoms with Gasteiger partial charge in [0.05, 0.1) is 6.54 Å². The summed E-state index contributed by atoms with van der Waals surface area (Å²) in [5, 5.41) is 3.06. The summed E-state index contributed by atoms with van der Waals surface area (Å²) in [4.78, 5) is 30.5. The number of hydrogen-bond donors (Lipinski definition) is 1. The molecule has 2 amide bonds. The van der Waals surface area contributed by atoms with Crippen molar-refractivity contribution in [3.63, 3.8) is 0 Å². The van der Waals surface area contributed by atoms with Crippen molar-refractivity contribution >= 4 is 17.5 Å². The largest absolute Gasteiger partial charge is 0.341 e. The average molecular weight is 406 g/mol. The van der Waals surface area contributed by atoms with E-state index in [4.69, 9.17) is 0 Å². The maximum absolute atomic E-state index is 13.5. The highest BCUT2D eigenvalue weighted by molar-refractivity contribution is 5.94. The van der Waals surface area contributed by atoms with Crippen LogP contribution in [0.5, 0.6) is 0 Å². The molecule has 2 aromatic carbocycles. The van der Waals surface area contributed by atoms with Gasteiger partial charge in [-0.25, -0.2) is 0 Å². The third-order valence-electron chi connectivity index (χ3n) is 6.30. The minimum Gasteiger partial charge on any atom is -0.341 e. The normalized spacial score (nSPS) is 19.3. The van der Waals surface area contributed by atoms with Gasteiger partial charge in [0.25, 0.3) is 0 Å². The van der Waals surface area contributed by atoms with Crippen molar-refractivity contribution in [1.29, 1.82) is 0 Å². The van der Waals surface area contributed by atoms with Gasteiger partial charge >= 0.3 is 0 Å². The monoisotopic (exact) mass is 405 g/mol. The molecule has 0 saturated carbocycles. The first-order chi connectivity index (χ1) is 14.5. The summed E-state index contributed by atoms with van der Waals surface area (Å²) in [7, 11) is 0. The standard InChI is InChI=1S/C25H31N3O2/c1-18-10-11-19(2)22(16-18)26-23(29)17-28-15-12-20-8-4-5-9-21(20)24(28)25(30)27-13-6-3-7-14-27/h4-5,8-11,16,24H,3,6-7,12-15,17H2,1-2H3,(H,26,29)/t24-/m1/s1. The Morgan fingerprint density at radius 2 is 1.77 bits per heavy atom. The number of carbonyl (C=O) groups excluding carboxylic acids is 2. The lowest BCUT2D eigenvalue weighted by molar-refractivity contribution is -0.139. The van der Waals surface area contributed by atoms with E-state index < -0.39 is 0 Å². The van der Waals surface area contributed by atoms with Crippen molar-refractivity contribution in [1.82, 2.24) is 9.80 Å². The van der Waals surface area contributed by atoms with Crippen LogP contribution < -0.4 is 5.32 Å². The second kappa shape index (κ2) is 9.00. The van der Waals surface area contributed by atoms with Crippen molar-refractivity contribution in [2.24, 2.45) is 0 Å². The summed E-state index contributed by atoms with van der Waals surface area (Å²) in [6.07, 6.45) is 4.17. The maximum atomic E-state index is 13.5. The molecule has 0 aromatic heterocycles. The molecule has 2 aliphatic rings. The average Bonchev–Trinajstić information content (AvgIpc) is 2.76. The summed E-state index contributed by atoms with van der Waals surface area (Å²) < 4.78 is 0. The SMILES string of the molecule is Cc1ccc(C)c(NC(=O)CN2CCc3ccccc3[C@@H]2C(=O)N2CCCCC2)c1. The van der Waals surface area contributed by atoms with E-state index in [-0.39, 0.29) is 24.4 Å². The lowest BCUT2D eigenvalue weighted by Crippen LogP contribution is -2.49. The van der Waals surface area contributed by atoms with Gasteiger partial charge in [-0.3, -0.25) is 14.5 Å². The number of likely N-dealkylation sites (tertiary alicyclic amines) is 1. The van der Waals surface area contributed by atoms with Crippen LogP contribution in [0, 0.1) is 13.8 Å². The van der Waals surface area contributed by atoms with Crippen molar-refractivity contribution in [3.05, 3.63) is 64.7 Å². The molecule has 2 heterocycles. The molecule has 0 bridgehead atoms. The first kappa shape index (κ1) is 20.6. The summed E-state index contributed by atoms with van der Waals surface area (Å²) in [5.74, 6) is 0.0703. The fraction of sp³-hybridized carbons (Fsp3) is 0.440. The highest BCUT2D eigenvalue weighted by Crippen LogP contribution is 2.32. The van der Waals surface area contributed by atoms with Crippen LogP contribution in [0.25, 0.3) is 0 Å². The Morgan fingerprint density at radius 1 is 1.00 bits per heavy atom. The van der Waals surface area contributed by atoms with E-state index in [1.54, 1.807) is 0 Å². The van der Waals surface area contributed by atoms with Crippen LogP contribution >= 0.6 is 0 Å². The number of nitrogens with one attached hydrogen (secondary N) is 1. The lowest BCUT2D eigenvalue weighted by Gasteiger charge is -2.39. The molecule has 0 spiro atoms. The summed E-state index contributed by atoms with van der Waals surface area (Å²) >= 11 is 0. The fourth-order valence-electron chi connectivity index (χ4n) is 4.61. The van der Waals surface area contributed by atoms with Gasteiger partial charge in [-0.15, -0.1) is 0 Å². The molecular weight excluding hydrogens is 374 g/mol. The molecule has 1 fully saturated rings. The van der Waals surface area contributed by atoms with E-state index in [2.05, 4.69) is 22.3 Å². The van der Waals surface area contributed by atoms with Gasteiger partial charge in [0.1, 0.15) is 6.04 Å². The van der Waals surface area contributed by atoms with E-state index >= 15 is 0 Å². The molecule has 5 nitrogen and oxygen atoms in total. The number of amides is 2. The quantitative estimate of drug-likeness (QED) is 0.841. The predicted octanol–water partition coefficient (Wildman–Crippen LogP) is 3.85. The molecule has 1 N–H and O–H groups in total. The third kappa shape index (κ3) is 4.41. The van der Waals surface area contributed by atoms with Crippen LogP contribution in [0.2, 0.25) is 0 Å². The van der Waals surface area contributed by atoms with Gasteiger partial charge in [0.2, 0.25) is 11.8 Å². The Hall–Kier alpha value is -2.66. The van der Waals surface area contributed by atoms with E-state index in [1.165, 1.54) is 12.0 Å². The molecule has 30 heavy (non-hydrogen) atoms. The summed E-state index contributed by atoms with van der Waals surface area (Å²) in [6.45, 7) is 6.58. The molecule has 0 radical (unpaired) electrons. The van der Waals surface area contributed by atoms with Crippen molar-refractivity contribution < 1.29 is 9.59 Å². The van der Waals surface area contributed by atoms with Crippen LogP contribution in [0.15, 0.2) is 42.5 Å². The fourth-order valence-corrected chi connectivity index (χ4v) is 4.61. The first-order valence-corrected chi connectivity index (χ1v) is 11.0. The number of hydrogen-bond acceptors (Lipinski definition) is 3. The number of piperidine rings is 1. The summed E-state index contributed by atoms with van der Waals surface area (Å²) in [5.41, 5.74) is 5.27. The maximum Gasteiger partial charge on any atom is 0.244 e. The van der Waals surface area contributed by atoms with Crippen LogP contribution in [0.1, 0.15) is 47.6 Å². The lowest BCUT2D eigenvalue weighted by atomic mass is 9.91. The predicted molar refractivity (Wildman–Crippen MR) is 119 cm³/mol. The van der Waals surface area contributed by atoms with Crippen LogP contribution in [-0.4, -0.2) is 47.8 Å². The molecule has 2 aliphatic heterocycles. The van der Waals surface area contributed by atoms with E-state index in [1.807, 2.05) is 49.1 Å². The minimum absolute atomic E-state index is 0.0699. The van der Waals surface area contributed by atoms with Crippen LogP contribution in [0.3, 0.4) is 0 Å². The molecule has 0 unspecified atom stereocenters. The number of anilines is 1. The number of rotatable bonds is 4. The topological polar surface area (TPSA) is 52.7 Å². The van der Waals surface area contributed by atoms with Crippen molar-refractivity contribution in [2.75, 3.05) is 31.5 Å². The molecule has 5 heteroatoms. The van der Waals surface area contributed by atoms with Gasteiger partial charge in [-0.2, -0.15) is 0 Å². The van der Waals surface area contributed by atoms with Gasteiger partial charge in [-0.1, -0.05) is 36.4 Å². The van der Waals surface area contributed by atoms with E-state index in [9.17, 15) is 9.59 Å². The smallest absolute Gasteiger partial charge is 0.244 e. The number of benzene rings is 2. The highest BCUT2D eigenvalue weighted by Gasteiger charge is 2.36. The Morgan fingerprint density at radius 3 is 2.57 bits per heavy atom. The Labute approximate surface area is 179 Å². The number of fused-ring (bicyclic) bond motifs is 1. The zero-order valence-corrected chi connectivity index (χ0v) is 18.0. The Balaban J connectivity index is 1.55. The van der Waals surface area contributed by atoms with Crippen molar-refractivity contribution in [2.45, 2.75) is 45.6 Å². The Kier molecular flexibility index (Phi) is 6.18. The molecule has 1 saturated heterocycles. The molecule has 4 rings (SSSR count). The third-order valence-corrected chi connectivity index (χ3v) is 6.30. The zero-order chi connectivity index (χ0) is 21.1. The summed E-state index contributed by atoms with van der Waals surface area (Å²) in [6, 6.07) is 13.9. The van der Waals surface area contributed by atoms with E-state index in [0.717, 1.165) is 54.7 Å². The van der Waals surface area contributed by atoms with Crippen molar-refractivity contribution in [3.8, 4) is 0 Å². The van der Waals surface area contributed by atoms with Gasteiger partial charge in [0.15, 0.2) is 0 Å². The second-order valence-electron chi connectivity index (χ2n) is 8.57. The number of carbonyl (C=O) groups is 2. The zero-order valence-electron chi connectivity index (χ0n) is 18.0. The van der Waals surface area contributed by atoms with E-state index in [0.29, 0.717) is 6.54 Å². The first-order valence-electron chi connectivity index (χ1n) is 11.0. The molecule has 1 atom stereocenters. The van der Waals surface area contributed by atoms with Crippen LogP contribution in [0.4, 0.5) is 5.69 Å². The highest BCUT2D eigenvalue weighted by atomic mass is 16.2.